The number of aromatic amines is 1. The molecule has 0 saturated carbocycles. The minimum Gasteiger partial charge on any atom is -0.297 e. The predicted octanol–water partition coefficient (Wildman–Crippen LogP) is 0.341. The minimum absolute atomic E-state index is 0.0456. The topological polar surface area (TPSA) is 66.5 Å². The fourth-order valence-corrected chi connectivity index (χ4v) is 1.65. The Morgan fingerprint density at radius 3 is 2.57 bits per heavy atom. The van der Waals surface area contributed by atoms with Crippen LogP contribution in [0.3, 0.4) is 0 Å². The summed E-state index contributed by atoms with van der Waals surface area (Å²) in [4.78, 5) is 0. The van der Waals surface area contributed by atoms with Crippen LogP contribution in [0.5, 0.6) is 0 Å². The summed E-state index contributed by atoms with van der Waals surface area (Å²) in [5.41, 5.74) is -2.11. The van der Waals surface area contributed by atoms with Crippen LogP contribution in [0.25, 0.3) is 0 Å². The Morgan fingerprint density at radius 2 is 2.14 bits per heavy atom. The van der Waals surface area contributed by atoms with Crippen molar-refractivity contribution in [3.63, 3.8) is 0 Å². The first-order valence-corrected chi connectivity index (χ1v) is 4.12. The number of hydrogen-bond acceptors (Lipinski definition) is 4. The van der Waals surface area contributed by atoms with Gasteiger partial charge in [0, 0.05) is 0 Å². The van der Waals surface area contributed by atoms with Crippen molar-refractivity contribution in [2.45, 2.75) is 24.6 Å². The quantitative estimate of drug-likeness (QED) is 0.696. The molecule has 8 heteroatoms. The van der Waals surface area contributed by atoms with Crippen LogP contribution >= 0.6 is 0 Å². The molecule has 0 unspecified atom stereocenters. The Labute approximate surface area is 77.1 Å². The molecule has 0 aromatic carbocycles. The number of aromatic nitrogens is 4. The van der Waals surface area contributed by atoms with Crippen LogP contribution in [-0.4, -0.2) is 33.3 Å². The van der Waals surface area contributed by atoms with Crippen LogP contribution in [0, 0.1) is 0 Å². The predicted molar refractivity (Wildman–Crippen MR) is 39.1 cm³/mol. The second-order valence-electron chi connectivity index (χ2n) is 3.17. The van der Waals surface area contributed by atoms with E-state index in [0.29, 0.717) is 13.0 Å². The molecule has 1 atom stereocenters. The second-order valence-corrected chi connectivity index (χ2v) is 3.17. The first-order valence-electron chi connectivity index (χ1n) is 4.12. The van der Waals surface area contributed by atoms with Gasteiger partial charge in [-0.05, 0) is 19.4 Å². The van der Waals surface area contributed by atoms with E-state index in [1.807, 2.05) is 0 Å². The molecule has 0 aliphatic carbocycles. The lowest BCUT2D eigenvalue weighted by molar-refractivity contribution is -0.198. The average Bonchev–Trinajstić information content (AvgIpc) is 2.74. The number of tetrazole rings is 1. The maximum atomic E-state index is 12.8. The zero-order valence-corrected chi connectivity index (χ0v) is 7.10. The zero-order valence-electron chi connectivity index (χ0n) is 7.10. The molecule has 1 aromatic heterocycles. The highest BCUT2D eigenvalue weighted by atomic mass is 19.4. The summed E-state index contributed by atoms with van der Waals surface area (Å²) in [6.45, 7) is 0.314. The molecular weight excluding hydrogens is 199 g/mol. The van der Waals surface area contributed by atoms with Crippen molar-refractivity contribution in [2.75, 3.05) is 6.54 Å². The van der Waals surface area contributed by atoms with Crippen LogP contribution in [-0.2, 0) is 5.54 Å². The smallest absolute Gasteiger partial charge is 0.297 e. The first-order chi connectivity index (χ1) is 6.56. The van der Waals surface area contributed by atoms with E-state index in [4.69, 9.17) is 0 Å². The van der Waals surface area contributed by atoms with Crippen LogP contribution in [0.2, 0.25) is 0 Å². The van der Waals surface area contributed by atoms with Crippen LogP contribution in [0.4, 0.5) is 13.2 Å². The fourth-order valence-electron chi connectivity index (χ4n) is 1.65. The van der Waals surface area contributed by atoms with Crippen LogP contribution in [0.1, 0.15) is 18.7 Å². The highest BCUT2D eigenvalue weighted by Gasteiger charge is 2.60. The van der Waals surface area contributed by atoms with Crippen molar-refractivity contribution >= 4 is 0 Å². The molecule has 1 aromatic rings. The van der Waals surface area contributed by atoms with E-state index in [0.717, 1.165) is 0 Å². The van der Waals surface area contributed by atoms with Crippen LogP contribution < -0.4 is 5.32 Å². The Balaban J connectivity index is 2.42. The molecule has 1 saturated heterocycles. The third kappa shape index (κ3) is 1.17. The lowest BCUT2D eigenvalue weighted by Crippen LogP contribution is -2.50. The molecule has 1 aliphatic rings. The SMILES string of the molecule is FC(F)(F)[C@]1(c2nn[nH]n2)CCCN1. The number of hydrogen-bond donors (Lipinski definition) is 2. The number of nitrogens with zero attached hydrogens (tertiary/aromatic N) is 3. The number of H-pyrrole nitrogens is 1. The summed E-state index contributed by atoms with van der Waals surface area (Å²) in [7, 11) is 0. The molecule has 78 valence electrons. The summed E-state index contributed by atoms with van der Waals surface area (Å²) in [5.74, 6) is -0.331. The van der Waals surface area contributed by atoms with Crippen molar-refractivity contribution in [3.8, 4) is 0 Å². The van der Waals surface area contributed by atoms with Gasteiger partial charge in [-0.15, -0.1) is 10.2 Å². The molecule has 0 amide bonds. The van der Waals surface area contributed by atoms with E-state index in [1.165, 1.54) is 0 Å². The Kier molecular flexibility index (Phi) is 1.95. The van der Waals surface area contributed by atoms with Crippen molar-refractivity contribution in [1.29, 1.82) is 0 Å². The molecular formula is C6H8F3N5. The molecule has 5 nitrogen and oxygen atoms in total. The van der Waals surface area contributed by atoms with Gasteiger partial charge in [-0.25, -0.2) is 0 Å². The average molecular weight is 207 g/mol. The Hall–Kier alpha value is -1.18. The van der Waals surface area contributed by atoms with Gasteiger partial charge >= 0.3 is 6.18 Å². The Bertz CT molecular complexity index is 300. The molecule has 0 radical (unpaired) electrons. The molecule has 14 heavy (non-hydrogen) atoms. The molecule has 2 rings (SSSR count). The molecule has 2 heterocycles. The largest absolute Gasteiger partial charge is 0.414 e. The van der Waals surface area contributed by atoms with E-state index in [1.54, 1.807) is 0 Å². The number of halogens is 3. The normalized spacial score (nSPS) is 28.2. The standard InChI is InChI=1S/C6H8F3N5/c7-6(8,9)5(2-1-3-10-5)4-11-13-14-12-4/h10H,1-3H2,(H,11,12,13,14)/t5-/m1/s1. The summed E-state index contributed by atoms with van der Waals surface area (Å²) >= 11 is 0. The summed E-state index contributed by atoms with van der Waals surface area (Å²) in [5, 5.41) is 14.4. The lowest BCUT2D eigenvalue weighted by Gasteiger charge is -2.28. The van der Waals surface area contributed by atoms with Gasteiger partial charge in [0.2, 0.25) is 5.82 Å². The minimum atomic E-state index is -4.40. The monoisotopic (exact) mass is 207 g/mol. The van der Waals surface area contributed by atoms with Gasteiger partial charge in [0.05, 0.1) is 0 Å². The molecule has 0 spiro atoms. The van der Waals surface area contributed by atoms with E-state index >= 15 is 0 Å². The van der Waals surface area contributed by atoms with E-state index in [9.17, 15) is 13.2 Å². The van der Waals surface area contributed by atoms with Gasteiger partial charge in [0.1, 0.15) is 0 Å². The number of nitrogens with one attached hydrogen (secondary N) is 2. The van der Waals surface area contributed by atoms with Gasteiger partial charge in [-0.2, -0.15) is 18.4 Å². The van der Waals surface area contributed by atoms with E-state index in [2.05, 4.69) is 25.9 Å². The number of rotatable bonds is 1. The lowest BCUT2D eigenvalue weighted by atomic mass is 9.96. The fraction of sp³-hybridized carbons (Fsp3) is 0.833. The van der Waals surface area contributed by atoms with Crippen LogP contribution in [0.15, 0.2) is 0 Å². The van der Waals surface area contributed by atoms with Gasteiger partial charge in [0.25, 0.3) is 0 Å². The first kappa shape index (κ1) is 9.38. The van der Waals surface area contributed by atoms with Gasteiger partial charge in [0.15, 0.2) is 5.54 Å². The molecule has 1 fully saturated rings. The maximum absolute atomic E-state index is 12.8. The van der Waals surface area contributed by atoms with E-state index < -0.39 is 11.7 Å². The zero-order chi connectivity index (χ0) is 10.2. The highest BCUT2D eigenvalue weighted by molar-refractivity contribution is 5.10. The third-order valence-corrected chi connectivity index (χ3v) is 2.37. The summed E-state index contributed by atoms with van der Waals surface area (Å²) in [6, 6.07) is 0. The molecule has 2 N–H and O–H groups in total. The maximum Gasteiger partial charge on any atom is 0.414 e. The molecule has 1 aliphatic heterocycles. The van der Waals surface area contributed by atoms with Crippen molar-refractivity contribution in [1.82, 2.24) is 25.9 Å². The third-order valence-electron chi connectivity index (χ3n) is 2.37. The van der Waals surface area contributed by atoms with E-state index in [-0.39, 0.29) is 12.2 Å². The number of alkyl halides is 3. The highest BCUT2D eigenvalue weighted by Crippen LogP contribution is 2.42. The Morgan fingerprint density at radius 1 is 1.36 bits per heavy atom. The van der Waals surface area contributed by atoms with Gasteiger partial charge in [-0.1, -0.05) is 5.21 Å². The van der Waals surface area contributed by atoms with Crippen molar-refractivity contribution in [2.24, 2.45) is 0 Å². The molecule has 0 bridgehead atoms. The van der Waals surface area contributed by atoms with Gasteiger partial charge in [-0.3, -0.25) is 5.32 Å². The summed E-state index contributed by atoms with van der Waals surface area (Å²) < 4.78 is 38.4. The van der Waals surface area contributed by atoms with Crippen molar-refractivity contribution in [3.05, 3.63) is 5.82 Å². The summed E-state index contributed by atoms with van der Waals surface area (Å²) in [6.07, 6.45) is -3.99. The van der Waals surface area contributed by atoms with Gasteiger partial charge < -0.3 is 0 Å². The van der Waals surface area contributed by atoms with Crippen molar-refractivity contribution < 1.29 is 13.2 Å². The second kappa shape index (κ2) is 2.91.